The van der Waals surface area contributed by atoms with Gasteiger partial charge in [0, 0.05) is 19.8 Å². The van der Waals surface area contributed by atoms with Crippen molar-refractivity contribution in [3.63, 3.8) is 0 Å². The maximum atomic E-state index is 13.3. The molecule has 2 aliphatic rings. The predicted octanol–water partition coefficient (Wildman–Crippen LogP) is 2.49. The summed E-state index contributed by atoms with van der Waals surface area (Å²) in [6.45, 7) is 2.09. The Kier molecular flexibility index (Phi) is 5.64. The number of benzene rings is 2. The number of nitrogens with zero attached hydrogens (tertiary/aromatic N) is 2. The van der Waals surface area contributed by atoms with Crippen molar-refractivity contribution in [3.8, 4) is 11.5 Å². The largest absolute Gasteiger partial charge is 0.493 e. The van der Waals surface area contributed by atoms with E-state index in [1.165, 1.54) is 30.3 Å². The number of aromatic nitrogens is 1. The zero-order valence-electron chi connectivity index (χ0n) is 18.6. The Balaban J connectivity index is 1.40. The number of sulfonamides is 2. The zero-order valence-corrected chi connectivity index (χ0v) is 20.2. The van der Waals surface area contributed by atoms with Crippen molar-refractivity contribution >= 4 is 37.5 Å². The second-order valence-electron chi connectivity index (χ2n) is 8.04. The lowest BCUT2D eigenvalue weighted by molar-refractivity contribution is -0.115. The van der Waals surface area contributed by atoms with Gasteiger partial charge >= 0.3 is 0 Å². The number of carbonyl (C=O) groups excluding carboxylic acids is 1. The van der Waals surface area contributed by atoms with Crippen LogP contribution in [0.4, 0.5) is 11.5 Å². The minimum absolute atomic E-state index is 0.0656. The van der Waals surface area contributed by atoms with Gasteiger partial charge in [0.25, 0.3) is 20.0 Å². The van der Waals surface area contributed by atoms with Crippen molar-refractivity contribution < 1.29 is 31.1 Å². The van der Waals surface area contributed by atoms with Gasteiger partial charge in [-0.15, -0.1) is 0 Å². The van der Waals surface area contributed by atoms with Crippen LogP contribution in [0.3, 0.4) is 0 Å². The van der Waals surface area contributed by atoms with E-state index < -0.39 is 26.0 Å². The molecular formula is C23H21N3O7S2. The molecule has 0 radical (unpaired) electrons. The lowest BCUT2D eigenvalue weighted by Crippen LogP contribution is -2.36. The summed E-state index contributed by atoms with van der Waals surface area (Å²) in [5.74, 6) is 0.357. The molecule has 0 unspecified atom stereocenters. The maximum absolute atomic E-state index is 13.3. The molecule has 182 valence electrons. The van der Waals surface area contributed by atoms with Gasteiger partial charge in [0.1, 0.15) is 17.3 Å². The van der Waals surface area contributed by atoms with E-state index in [0.717, 1.165) is 24.2 Å². The number of anilines is 2. The summed E-state index contributed by atoms with van der Waals surface area (Å²) in [6.07, 6.45) is 2.36. The number of hydrogen-bond acceptors (Lipinski definition) is 8. The Hall–Kier alpha value is -3.64. The van der Waals surface area contributed by atoms with Gasteiger partial charge < -0.3 is 9.47 Å². The Morgan fingerprint density at radius 1 is 0.886 bits per heavy atom. The van der Waals surface area contributed by atoms with E-state index >= 15 is 0 Å². The van der Waals surface area contributed by atoms with E-state index in [9.17, 15) is 21.6 Å². The zero-order chi connectivity index (χ0) is 24.8. The summed E-state index contributed by atoms with van der Waals surface area (Å²) >= 11 is 0. The van der Waals surface area contributed by atoms with Gasteiger partial charge in [-0.25, -0.2) is 21.8 Å². The van der Waals surface area contributed by atoms with E-state index in [1.807, 2.05) is 0 Å². The third-order valence-electron chi connectivity index (χ3n) is 5.66. The molecule has 5 rings (SSSR count). The van der Waals surface area contributed by atoms with Crippen LogP contribution in [0.1, 0.15) is 18.1 Å². The van der Waals surface area contributed by atoms with E-state index in [2.05, 4.69) is 9.71 Å². The van der Waals surface area contributed by atoms with Gasteiger partial charge in [0.2, 0.25) is 5.91 Å². The maximum Gasteiger partial charge on any atom is 0.272 e. The molecular weight excluding hydrogens is 494 g/mol. The number of fused-ring (bicyclic) bond motifs is 2. The minimum atomic E-state index is -4.26. The molecule has 12 heteroatoms. The fourth-order valence-corrected chi connectivity index (χ4v) is 6.52. The number of carbonyl (C=O) groups is 1. The average Bonchev–Trinajstić information content (AvgIpc) is 3.48. The highest BCUT2D eigenvalue weighted by Gasteiger charge is 2.31. The Labute approximate surface area is 202 Å². The van der Waals surface area contributed by atoms with Crippen molar-refractivity contribution in [1.82, 2.24) is 4.98 Å². The third kappa shape index (κ3) is 4.30. The van der Waals surface area contributed by atoms with Gasteiger partial charge in [0.15, 0.2) is 0 Å². The fraction of sp³-hybridized carbons (Fsp3) is 0.217. The molecule has 0 fully saturated rings. The molecule has 0 atom stereocenters. The van der Waals surface area contributed by atoms with Crippen molar-refractivity contribution in [1.29, 1.82) is 0 Å². The molecule has 0 bridgehead atoms. The van der Waals surface area contributed by atoms with Crippen molar-refractivity contribution in [2.75, 3.05) is 22.2 Å². The van der Waals surface area contributed by atoms with Crippen LogP contribution >= 0.6 is 0 Å². The van der Waals surface area contributed by atoms with Gasteiger partial charge in [0.05, 0.1) is 34.9 Å². The predicted molar refractivity (Wildman–Crippen MR) is 127 cm³/mol. The van der Waals surface area contributed by atoms with Gasteiger partial charge in [-0.05, 0) is 59.7 Å². The summed E-state index contributed by atoms with van der Waals surface area (Å²) < 4.78 is 66.0. The van der Waals surface area contributed by atoms with Crippen molar-refractivity contribution in [3.05, 3.63) is 65.9 Å². The van der Waals surface area contributed by atoms with Crippen LogP contribution in [-0.2, 0) is 37.7 Å². The molecule has 0 saturated heterocycles. The molecule has 2 aromatic carbocycles. The molecule has 0 aliphatic carbocycles. The van der Waals surface area contributed by atoms with Crippen LogP contribution in [0.25, 0.3) is 0 Å². The summed E-state index contributed by atoms with van der Waals surface area (Å²) in [5.41, 5.74) is 1.66. The van der Waals surface area contributed by atoms with E-state index in [0.29, 0.717) is 41.9 Å². The first kappa shape index (κ1) is 23.1. The van der Waals surface area contributed by atoms with Crippen LogP contribution in [0.2, 0.25) is 0 Å². The summed E-state index contributed by atoms with van der Waals surface area (Å²) in [4.78, 5) is 16.4. The monoisotopic (exact) mass is 515 g/mol. The normalized spacial score (nSPS) is 14.4. The quantitative estimate of drug-likeness (QED) is 0.530. The van der Waals surface area contributed by atoms with E-state index in [4.69, 9.17) is 9.47 Å². The molecule has 1 amide bonds. The number of nitrogens with one attached hydrogen (secondary N) is 1. The summed E-state index contributed by atoms with van der Waals surface area (Å²) in [7, 11) is -8.17. The highest BCUT2D eigenvalue weighted by molar-refractivity contribution is 7.93. The van der Waals surface area contributed by atoms with E-state index in [-0.39, 0.29) is 21.3 Å². The molecule has 3 heterocycles. The molecule has 3 aromatic rings. The molecule has 2 aliphatic heterocycles. The van der Waals surface area contributed by atoms with Gasteiger partial charge in [-0.3, -0.25) is 9.52 Å². The highest BCUT2D eigenvalue weighted by atomic mass is 32.2. The first-order chi connectivity index (χ1) is 16.6. The first-order valence-electron chi connectivity index (χ1n) is 10.7. The fourth-order valence-electron chi connectivity index (χ4n) is 3.99. The lowest BCUT2D eigenvalue weighted by Gasteiger charge is -2.20. The third-order valence-corrected chi connectivity index (χ3v) is 8.82. The number of pyridine rings is 1. The average molecular weight is 516 g/mol. The lowest BCUT2D eigenvalue weighted by atomic mass is 10.2. The summed E-state index contributed by atoms with van der Waals surface area (Å²) in [5, 5.41) is 0. The van der Waals surface area contributed by atoms with Gasteiger partial charge in [-0.1, -0.05) is 0 Å². The van der Waals surface area contributed by atoms with Crippen molar-refractivity contribution in [2.45, 2.75) is 29.6 Å². The molecule has 1 N–H and O–H groups in total. The molecule has 1 aromatic heterocycles. The second kappa shape index (κ2) is 8.54. The topological polar surface area (TPSA) is 132 Å². The molecule has 35 heavy (non-hydrogen) atoms. The number of rotatable bonds is 6. The first-order valence-corrected chi connectivity index (χ1v) is 13.6. The number of ether oxygens (including phenoxy) is 2. The van der Waals surface area contributed by atoms with Crippen LogP contribution < -0.4 is 18.5 Å². The van der Waals surface area contributed by atoms with Crippen molar-refractivity contribution in [2.24, 2.45) is 0 Å². The number of amides is 1. The van der Waals surface area contributed by atoms with Crippen LogP contribution in [-0.4, -0.2) is 40.9 Å². The van der Waals surface area contributed by atoms with Crippen LogP contribution in [0.15, 0.2) is 64.5 Å². The number of hydrogen-bond donors (Lipinski definition) is 1. The summed E-state index contributed by atoms with van der Waals surface area (Å²) in [6, 6.07) is 11.6. The minimum Gasteiger partial charge on any atom is -0.493 e. The smallest absolute Gasteiger partial charge is 0.272 e. The Morgan fingerprint density at radius 3 is 2.06 bits per heavy atom. The van der Waals surface area contributed by atoms with Gasteiger partial charge in [-0.2, -0.15) is 4.31 Å². The SMILES string of the molecule is CC(=O)N(c1ccc(NS(=O)(=O)c2ccc3c(c2)CCO3)cn1)S(=O)(=O)c1ccc2c(c1)CCO2. The standard InChI is InChI=1S/C23H21N3O7S2/c1-15(27)26(35(30,31)20-4-6-22-17(13-20)9-11-33-22)23-7-2-18(14-24-23)25-34(28,29)19-3-5-21-16(12-19)8-10-32-21/h2-7,12-14,25H,8-11H2,1H3. The Morgan fingerprint density at radius 2 is 1.49 bits per heavy atom. The Bertz CT molecular complexity index is 1540. The van der Waals surface area contributed by atoms with Crippen LogP contribution in [0, 0.1) is 0 Å². The van der Waals surface area contributed by atoms with Crippen LogP contribution in [0.5, 0.6) is 11.5 Å². The molecule has 0 spiro atoms. The van der Waals surface area contributed by atoms with E-state index in [1.54, 1.807) is 18.2 Å². The highest BCUT2D eigenvalue weighted by Crippen LogP contribution is 2.31. The molecule has 10 nitrogen and oxygen atoms in total. The molecule has 0 saturated carbocycles. The second-order valence-corrected chi connectivity index (χ2v) is 11.5.